The zero-order valence-electron chi connectivity index (χ0n) is 11.5. The molecular formula is C12H15BrClF3N2O2S. The summed E-state index contributed by atoms with van der Waals surface area (Å²) in [4.78, 5) is -0.702. The summed E-state index contributed by atoms with van der Waals surface area (Å²) >= 11 is 2.94. The van der Waals surface area contributed by atoms with Crippen molar-refractivity contribution in [3.63, 3.8) is 0 Å². The van der Waals surface area contributed by atoms with Crippen molar-refractivity contribution >= 4 is 38.4 Å². The maximum absolute atomic E-state index is 13.1. The van der Waals surface area contributed by atoms with E-state index in [4.69, 9.17) is 0 Å². The molecule has 0 saturated carbocycles. The summed E-state index contributed by atoms with van der Waals surface area (Å²) in [5.74, 6) is 0. The Morgan fingerprint density at radius 3 is 2.55 bits per heavy atom. The lowest BCUT2D eigenvalue weighted by Gasteiger charge is -2.31. The molecule has 0 amide bonds. The van der Waals surface area contributed by atoms with Gasteiger partial charge in [0.1, 0.15) is 0 Å². The minimum atomic E-state index is -4.73. The molecule has 10 heteroatoms. The van der Waals surface area contributed by atoms with Crippen LogP contribution in [-0.4, -0.2) is 38.4 Å². The Morgan fingerprint density at radius 2 is 2.00 bits per heavy atom. The van der Waals surface area contributed by atoms with Gasteiger partial charge in [-0.15, -0.1) is 12.4 Å². The minimum Gasteiger partial charge on any atom is -0.312 e. The minimum absolute atomic E-state index is 0. The van der Waals surface area contributed by atoms with Gasteiger partial charge in [-0.05, 0) is 25.1 Å². The van der Waals surface area contributed by atoms with Gasteiger partial charge in [-0.25, -0.2) is 8.42 Å². The second kappa shape index (κ2) is 7.04. The van der Waals surface area contributed by atoms with Crippen LogP contribution in [0.4, 0.5) is 13.2 Å². The van der Waals surface area contributed by atoms with Gasteiger partial charge in [0.05, 0.1) is 10.5 Å². The van der Waals surface area contributed by atoms with E-state index < -0.39 is 26.7 Å². The number of hydrogen-bond donors (Lipinski definition) is 1. The Bertz CT molecular complexity index is 640. The van der Waals surface area contributed by atoms with Crippen LogP contribution >= 0.6 is 28.3 Å². The molecule has 1 unspecified atom stereocenters. The van der Waals surface area contributed by atoms with Gasteiger partial charge in [0.2, 0.25) is 10.0 Å². The van der Waals surface area contributed by atoms with Crippen molar-refractivity contribution in [1.29, 1.82) is 0 Å². The van der Waals surface area contributed by atoms with E-state index in [1.807, 2.05) is 0 Å². The molecule has 1 fully saturated rings. The first-order valence-electron chi connectivity index (χ1n) is 6.22. The fourth-order valence-corrected chi connectivity index (χ4v) is 4.29. The standard InChI is InChI=1S/C12H14BrF3N2O2S.ClH/c1-8-7-18(5-4-17-8)21(19,20)11-3-2-9(13)6-10(11)12(14,15)16;/h2-3,6,8,17H,4-5,7H2,1H3;1H. The van der Waals surface area contributed by atoms with E-state index in [1.54, 1.807) is 6.92 Å². The van der Waals surface area contributed by atoms with Crippen molar-refractivity contribution < 1.29 is 21.6 Å². The SMILES string of the molecule is CC1CN(S(=O)(=O)c2ccc(Br)cc2C(F)(F)F)CCN1.Cl. The average Bonchev–Trinajstić information content (AvgIpc) is 2.37. The van der Waals surface area contributed by atoms with Crippen LogP contribution in [-0.2, 0) is 16.2 Å². The smallest absolute Gasteiger partial charge is 0.312 e. The zero-order chi connectivity index (χ0) is 15.8. The molecule has 1 saturated heterocycles. The first-order chi connectivity index (χ1) is 9.62. The number of piperazine rings is 1. The molecule has 22 heavy (non-hydrogen) atoms. The molecule has 0 bridgehead atoms. The third kappa shape index (κ3) is 4.14. The highest BCUT2D eigenvalue weighted by molar-refractivity contribution is 9.10. The first kappa shape index (κ1) is 19.7. The largest absolute Gasteiger partial charge is 0.417 e. The molecular weight excluding hydrogens is 409 g/mol. The lowest BCUT2D eigenvalue weighted by atomic mass is 10.2. The predicted octanol–water partition coefficient (Wildman–Crippen LogP) is 2.87. The van der Waals surface area contributed by atoms with Crippen LogP contribution < -0.4 is 5.32 Å². The lowest BCUT2D eigenvalue weighted by molar-refractivity contribution is -0.140. The fraction of sp³-hybridized carbons (Fsp3) is 0.500. The van der Waals surface area contributed by atoms with E-state index in [9.17, 15) is 21.6 Å². The monoisotopic (exact) mass is 422 g/mol. The lowest BCUT2D eigenvalue weighted by Crippen LogP contribution is -2.51. The summed E-state index contributed by atoms with van der Waals surface area (Å²) in [5.41, 5.74) is -1.15. The maximum Gasteiger partial charge on any atom is 0.417 e. The summed E-state index contributed by atoms with van der Waals surface area (Å²) in [7, 11) is -4.17. The van der Waals surface area contributed by atoms with Crippen molar-refractivity contribution in [2.45, 2.75) is 24.0 Å². The second-order valence-corrected chi connectivity index (χ2v) is 7.68. The summed E-state index contributed by atoms with van der Waals surface area (Å²) in [6.45, 7) is 2.50. The Kier molecular flexibility index (Phi) is 6.30. The van der Waals surface area contributed by atoms with Crippen molar-refractivity contribution in [2.24, 2.45) is 0 Å². The fourth-order valence-electron chi connectivity index (χ4n) is 2.20. The van der Waals surface area contributed by atoms with E-state index in [-0.39, 0.29) is 36.0 Å². The number of rotatable bonds is 2. The number of nitrogens with one attached hydrogen (secondary N) is 1. The first-order valence-corrected chi connectivity index (χ1v) is 8.46. The third-order valence-corrected chi connectivity index (χ3v) is 5.61. The summed E-state index contributed by atoms with van der Waals surface area (Å²) in [5, 5.41) is 3.05. The van der Waals surface area contributed by atoms with Crippen LogP contribution in [0.15, 0.2) is 27.6 Å². The Labute approximate surface area is 141 Å². The number of nitrogens with zero attached hydrogens (tertiary/aromatic N) is 1. The van der Waals surface area contributed by atoms with Gasteiger partial charge in [-0.2, -0.15) is 17.5 Å². The molecule has 0 radical (unpaired) electrons. The molecule has 1 aromatic rings. The Morgan fingerprint density at radius 1 is 1.36 bits per heavy atom. The highest BCUT2D eigenvalue weighted by atomic mass is 79.9. The molecule has 1 aliphatic heterocycles. The molecule has 0 aliphatic carbocycles. The zero-order valence-corrected chi connectivity index (χ0v) is 14.7. The molecule has 4 nitrogen and oxygen atoms in total. The van der Waals surface area contributed by atoms with E-state index in [0.29, 0.717) is 6.54 Å². The van der Waals surface area contributed by atoms with E-state index >= 15 is 0 Å². The number of alkyl halides is 3. The highest BCUT2D eigenvalue weighted by Gasteiger charge is 2.39. The molecule has 0 aromatic heterocycles. The number of halogens is 5. The maximum atomic E-state index is 13.1. The molecule has 126 valence electrons. The van der Waals surface area contributed by atoms with E-state index in [0.717, 1.165) is 16.4 Å². The number of benzene rings is 1. The molecule has 1 N–H and O–H groups in total. The summed E-state index contributed by atoms with van der Waals surface area (Å²) < 4.78 is 65.5. The van der Waals surface area contributed by atoms with Crippen molar-refractivity contribution in [3.8, 4) is 0 Å². The molecule has 0 spiro atoms. The normalized spacial score (nSPS) is 20.5. The summed E-state index contributed by atoms with van der Waals surface area (Å²) in [6.07, 6.45) is -4.73. The third-order valence-electron chi connectivity index (χ3n) is 3.20. The van der Waals surface area contributed by atoms with Crippen LogP contribution in [0.2, 0.25) is 0 Å². The average molecular weight is 424 g/mol. The van der Waals surface area contributed by atoms with Crippen LogP contribution in [0, 0.1) is 0 Å². The van der Waals surface area contributed by atoms with E-state index in [2.05, 4.69) is 21.2 Å². The van der Waals surface area contributed by atoms with Crippen LogP contribution in [0.25, 0.3) is 0 Å². The van der Waals surface area contributed by atoms with Crippen LogP contribution in [0.5, 0.6) is 0 Å². The molecule has 1 atom stereocenters. The topological polar surface area (TPSA) is 49.4 Å². The molecule has 2 rings (SSSR count). The van der Waals surface area contributed by atoms with Crippen LogP contribution in [0.1, 0.15) is 12.5 Å². The van der Waals surface area contributed by atoms with Gasteiger partial charge in [-0.1, -0.05) is 15.9 Å². The second-order valence-electron chi connectivity index (χ2n) is 4.86. The van der Waals surface area contributed by atoms with Crippen molar-refractivity contribution in [3.05, 3.63) is 28.2 Å². The van der Waals surface area contributed by atoms with Gasteiger partial charge < -0.3 is 5.32 Å². The highest BCUT2D eigenvalue weighted by Crippen LogP contribution is 2.37. The Hall–Kier alpha value is -0.350. The quantitative estimate of drug-likeness (QED) is 0.796. The van der Waals surface area contributed by atoms with Crippen molar-refractivity contribution in [1.82, 2.24) is 9.62 Å². The van der Waals surface area contributed by atoms with Crippen molar-refractivity contribution in [2.75, 3.05) is 19.6 Å². The van der Waals surface area contributed by atoms with Gasteiger partial charge in [0.25, 0.3) is 0 Å². The Balaban J connectivity index is 0.00000242. The van der Waals surface area contributed by atoms with Crippen LogP contribution in [0.3, 0.4) is 0 Å². The number of hydrogen-bond acceptors (Lipinski definition) is 3. The molecule has 1 aliphatic rings. The molecule has 1 aromatic carbocycles. The van der Waals surface area contributed by atoms with Gasteiger partial charge >= 0.3 is 6.18 Å². The van der Waals surface area contributed by atoms with E-state index in [1.165, 1.54) is 6.07 Å². The van der Waals surface area contributed by atoms with Gasteiger partial charge in [0, 0.05) is 30.1 Å². The number of sulfonamides is 1. The van der Waals surface area contributed by atoms with Gasteiger partial charge in [0.15, 0.2) is 0 Å². The van der Waals surface area contributed by atoms with Gasteiger partial charge in [-0.3, -0.25) is 0 Å². The molecule has 1 heterocycles. The predicted molar refractivity (Wildman–Crippen MR) is 82.6 cm³/mol. The summed E-state index contributed by atoms with van der Waals surface area (Å²) in [6, 6.07) is 2.99.